The number of nitrogen functional groups attached to an aromatic ring is 2. The highest BCUT2D eigenvalue weighted by Crippen LogP contribution is 2.35. The van der Waals surface area contributed by atoms with Gasteiger partial charge in [0.2, 0.25) is 5.95 Å². The molecule has 1 aliphatic rings. The quantitative estimate of drug-likeness (QED) is 0.427. The number of imidazole rings is 2. The molecule has 11 heteroatoms. The molecule has 0 aliphatic carbocycles. The number of benzene rings is 1. The lowest BCUT2D eigenvalue weighted by molar-refractivity contribution is -0.0479. The van der Waals surface area contributed by atoms with Crippen LogP contribution < -0.4 is 11.5 Å². The van der Waals surface area contributed by atoms with Gasteiger partial charge >= 0.3 is 0 Å². The maximum atomic E-state index is 13.3. The monoisotopic (exact) mass is 449 g/mol. The van der Waals surface area contributed by atoms with E-state index in [1.54, 1.807) is 29.0 Å². The first-order valence-electron chi connectivity index (χ1n) is 10.9. The lowest BCUT2D eigenvalue weighted by atomic mass is 9.88. The molecular formula is C22H27N9O2. The smallest absolute Gasteiger partial charge is 0.254 e. The Morgan fingerprint density at radius 2 is 2.00 bits per heavy atom. The Kier molecular flexibility index (Phi) is 4.74. The van der Waals surface area contributed by atoms with E-state index in [9.17, 15) is 9.90 Å². The highest BCUT2D eigenvalue weighted by Gasteiger charge is 2.41. The predicted octanol–water partition coefficient (Wildman–Crippen LogP) is 1.76. The molecule has 0 bridgehead atoms. The van der Waals surface area contributed by atoms with Crippen LogP contribution in [0.4, 0.5) is 11.8 Å². The third kappa shape index (κ3) is 3.44. The summed E-state index contributed by atoms with van der Waals surface area (Å²) in [4.78, 5) is 31.9. The number of likely N-dealkylation sites (tertiary alicyclic amines) is 1. The molecule has 1 amide bonds. The maximum Gasteiger partial charge on any atom is 0.254 e. The fourth-order valence-corrected chi connectivity index (χ4v) is 4.71. The maximum absolute atomic E-state index is 13.3. The van der Waals surface area contributed by atoms with Crippen molar-refractivity contribution < 1.29 is 9.90 Å². The van der Waals surface area contributed by atoms with Gasteiger partial charge < -0.3 is 30.6 Å². The fraction of sp³-hybridized carbons (Fsp3) is 0.409. The molecule has 0 radical (unpaired) electrons. The van der Waals surface area contributed by atoms with Crippen LogP contribution in [0.5, 0.6) is 0 Å². The topological polar surface area (TPSA) is 154 Å². The summed E-state index contributed by atoms with van der Waals surface area (Å²) in [6.07, 6.45) is 3.89. The number of aromatic nitrogens is 6. The lowest BCUT2D eigenvalue weighted by Gasteiger charge is -2.43. The van der Waals surface area contributed by atoms with Crippen LogP contribution in [-0.4, -0.2) is 63.7 Å². The molecule has 0 spiro atoms. The number of piperidine rings is 1. The van der Waals surface area contributed by atoms with Crippen LogP contribution in [-0.2, 0) is 0 Å². The summed E-state index contributed by atoms with van der Waals surface area (Å²) < 4.78 is 3.84. The van der Waals surface area contributed by atoms with Crippen molar-refractivity contribution >= 4 is 39.9 Å². The lowest BCUT2D eigenvalue weighted by Crippen LogP contribution is -2.54. The minimum atomic E-state index is -1.22. The van der Waals surface area contributed by atoms with Crippen LogP contribution in [0, 0.1) is 0 Å². The van der Waals surface area contributed by atoms with Crippen molar-refractivity contribution in [3.8, 4) is 0 Å². The molecule has 2 atom stereocenters. The first-order chi connectivity index (χ1) is 15.7. The summed E-state index contributed by atoms with van der Waals surface area (Å²) in [7, 11) is 0. The zero-order chi connectivity index (χ0) is 23.5. The molecule has 1 fully saturated rings. The number of hydrogen-bond acceptors (Lipinski definition) is 8. The molecule has 11 nitrogen and oxygen atoms in total. The molecule has 4 aromatic rings. The molecular weight excluding hydrogens is 422 g/mol. The van der Waals surface area contributed by atoms with Gasteiger partial charge in [-0.2, -0.15) is 9.97 Å². The SMILES string of the molecule is CC(C)n1cnc2cc(C(=O)N3CC[C@@H](n4cnc5c(N)nc(N)nc54)[C@](C)(O)C3)ccc21. The average molecular weight is 450 g/mol. The molecule has 33 heavy (non-hydrogen) atoms. The van der Waals surface area contributed by atoms with Gasteiger partial charge in [0, 0.05) is 18.2 Å². The van der Waals surface area contributed by atoms with E-state index in [0.717, 1.165) is 11.0 Å². The van der Waals surface area contributed by atoms with Crippen LogP contribution in [0.3, 0.4) is 0 Å². The number of fused-ring (bicyclic) bond motifs is 2. The molecule has 4 heterocycles. The minimum Gasteiger partial charge on any atom is -0.386 e. The van der Waals surface area contributed by atoms with Gasteiger partial charge in [-0.15, -0.1) is 0 Å². The number of hydrogen-bond donors (Lipinski definition) is 3. The van der Waals surface area contributed by atoms with E-state index in [2.05, 4.69) is 38.4 Å². The van der Waals surface area contributed by atoms with E-state index in [0.29, 0.717) is 29.7 Å². The normalized spacial score (nSPS) is 21.4. The Balaban J connectivity index is 1.41. The molecule has 1 aromatic carbocycles. The molecule has 0 saturated carbocycles. The number of rotatable bonds is 3. The van der Waals surface area contributed by atoms with E-state index in [1.165, 1.54) is 0 Å². The molecule has 1 saturated heterocycles. The van der Waals surface area contributed by atoms with Crippen molar-refractivity contribution in [2.24, 2.45) is 0 Å². The number of nitrogens with zero attached hydrogens (tertiary/aromatic N) is 7. The second-order valence-electron chi connectivity index (χ2n) is 9.13. The van der Waals surface area contributed by atoms with Gasteiger partial charge in [-0.3, -0.25) is 4.79 Å². The number of aliphatic hydroxyl groups is 1. The number of anilines is 2. The van der Waals surface area contributed by atoms with Crippen LogP contribution in [0.1, 0.15) is 49.6 Å². The van der Waals surface area contributed by atoms with Gasteiger partial charge in [-0.25, -0.2) is 9.97 Å². The van der Waals surface area contributed by atoms with Gasteiger partial charge in [-0.05, 0) is 45.4 Å². The Morgan fingerprint density at radius 1 is 1.21 bits per heavy atom. The van der Waals surface area contributed by atoms with Crippen LogP contribution in [0.25, 0.3) is 22.2 Å². The van der Waals surface area contributed by atoms with E-state index in [1.807, 2.05) is 18.2 Å². The second kappa shape index (κ2) is 7.41. The summed E-state index contributed by atoms with van der Waals surface area (Å²) in [5, 5.41) is 11.3. The van der Waals surface area contributed by atoms with Crippen LogP contribution in [0.2, 0.25) is 0 Å². The van der Waals surface area contributed by atoms with Gasteiger partial charge in [0.15, 0.2) is 11.5 Å². The highest BCUT2D eigenvalue weighted by molar-refractivity contribution is 5.97. The molecule has 1 aliphatic heterocycles. The summed E-state index contributed by atoms with van der Waals surface area (Å²) in [6.45, 7) is 6.51. The van der Waals surface area contributed by atoms with Gasteiger partial charge in [0.05, 0.1) is 36.3 Å². The third-order valence-corrected chi connectivity index (χ3v) is 6.37. The Hall–Kier alpha value is -3.73. The highest BCUT2D eigenvalue weighted by atomic mass is 16.3. The molecule has 5 N–H and O–H groups in total. The number of nitrogens with two attached hydrogens (primary N) is 2. The first kappa shape index (κ1) is 21.1. The van der Waals surface area contributed by atoms with E-state index < -0.39 is 5.60 Å². The van der Waals surface area contributed by atoms with Crippen molar-refractivity contribution in [2.45, 2.75) is 44.9 Å². The molecule has 5 rings (SSSR count). The summed E-state index contributed by atoms with van der Waals surface area (Å²) in [5.41, 5.74) is 13.7. The van der Waals surface area contributed by atoms with Crippen molar-refractivity contribution in [1.29, 1.82) is 0 Å². The third-order valence-electron chi connectivity index (χ3n) is 6.37. The fourth-order valence-electron chi connectivity index (χ4n) is 4.71. The summed E-state index contributed by atoms with van der Waals surface area (Å²) >= 11 is 0. The van der Waals surface area contributed by atoms with Crippen LogP contribution in [0.15, 0.2) is 30.9 Å². The van der Waals surface area contributed by atoms with Gasteiger partial charge in [0.25, 0.3) is 5.91 Å². The first-order valence-corrected chi connectivity index (χ1v) is 10.9. The van der Waals surface area contributed by atoms with Gasteiger partial charge in [-0.1, -0.05) is 0 Å². The standard InChI is InChI=1S/C22H27N9O2/c1-12(2)30-10-25-14-8-13(4-5-15(14)30)20(32)29-7-6-16(22(3,33)9-29)31-11-26-17-18(23)27-21(24)28-19(17)31/h4-5,8,10-12,16,33H,6-7,9H2,1-3H3,(H4,23,24,27,28)/t16-,22-/m1/s1. The van der Waals surface area contributed by atoms with E-state index in [4.69, 9.17) is 11.5 Å². The largest absolute Gasteiger partial charge is 0.386 e. The Bertz CT molecular complexity index is 1370. The summed E-state index contributed by atoms with van der Waals surface area (Å²) in [6, 6.07) is 5.47. The molecule has 0 unspecified atom stereocenters. The minimum absolute atomic E-state index is 0.0457. The van der Waals surface area contributed by atoms with Crippen molar-refractivity contribution in [2.75, 3.05) is 24.6 Å². The van der Waals surface area contributed by atoms with Crippen molar-refractivity contribution in [1.82, 2.24) is 34.0 Å². The predicted molar refractivity (Wildman–Crippen MR) is 124 cm³/mol. The second-order valence-corrected chi connectivity index (χ2v) is 9.13. The number of carbonyl (C=O) groups excluding carboxylic acids is 1. The molecule has 172 valence electrons. The van der Waals surface area contributed by atoms with Crippen molar-refractivity contribution in [3.63, 3.8) is 0 Å². The molecule has 3 aromatic heterocycles. The van der Waals surface area contributed by atoms with Gasteiger partial charge in [0.1, 0.15) is 11.1 Å². The zero-order valence-corrected chi connectivity index (χ0v) is 18.8. The number of β-amino-alcohol motifs (C(OH)–C–C–N with tert-alkyl or cyclic N) is 1. The van der Waals surface area contributed by atoms with Crippen molar-refractivity contribution in [3.05, 3.63) is 36.4 Å². The van der Waals surface area contributed by atoms with E-state index >= 15 is 0 Å². The number of amides is 1. The Labute approximate surface area is 190 Å². The Morgan fingerprint density at radius 3 is 2.73 bits per heavy atom. The number of carbonyl (C=O) groups is 1. The summed E-state index contributed by atoms with van der Waals surface area (Å²) in [5.74, 6) is 0.101. The zero-order valence-electron chi connectivity index (χ0n) is 18.8. The van der Waals surface area contributed by atoms with E-state index in [-0.39, 0.29) is 36.3 Å². The average Bonchev–Trinajstić information content (AvgIpc) is 3.36. The van der Waals surface area contributed by atoms with Crippen LogP contribution >= 0.6 is 0 Å².